The second-order valence-corrected chi connectivity index (χ2v) is 7.52. The first-order chi connectivity index (χ1) is 12.1. The molecule has 3 N–H and O–H groups in total. The fourth-order valence-corrected chi connectivity index (χ4v) is 4.14. The van der Waals surface area contributed by atoms with E-state index in [9.17, 15) is 8.42 Å². The van der Waals surface area contributed by atoms with Crippen LogP contribution in [0.15, 0.2) is 66.1 Å². The zero-order chi connectivity index (χ0) is 17.4. The number of hydrogen-bond acceptors (Lipinski definition) is 6. The highest BCUT2D eigenvalue weighted by molar-refractivity contribution is 7.90. The standard InChI is InChI=1S/C17H17N5O2S/c1-12-14-7-10-22(25(23,24)13-5-3-2-4-6-13)16(14)20-11-15(12)21-17-18-8-9-19-17/h2-11,17-19,21H,1H3. The van der Waals surface area contributed by atoms with Crippen molar-refractivity contribution in [2.45, 2.75) is 18.1 Å². The highest BCUT2D eigenvalue weighted by atomic mass is 32.2. The van der Waals surface area contributed by atoms with Gasteiger partial charge in [0, 0.05) is 24.0 Å². The minimum Gasteiger partial charge on any atom is -0.353 e. The van der Waals surface area contributed by atoms with Crippen molar-refractivity contribution in [2.75, 3.05) is 5.32 Å². The van der Waals surface area contributed by atoms with Gasteiger partial charge < -0.3 is 16.0 Å². The van der Waals surface area contributed by atoms with Crippen LogP contribution in [0.2, 0.25) is 0 Å². The number of aromatic nitrogens is 2. The molecule has 0 amide bonds. The van der Waals surface area contributed by atoms with Gasteiger partial charge in [0.15, 0.2) is 11.9 Å². The van der Waals surface area contributed by atoms with Gasteiger partial charge >= 0.3 is 0 Å². The van der Waals surface area contributed by atoms with Crippen molar-refractivity contribution >= 4 is 26.7 Å². The summed E-state index contributed by atoms with van der Waals surface area (Å²) < 4.78 is 27.0. The lowest BCUT2D eigenvalue weighted by molar-refractivity contribution is 0.588. The number of anilines is 1. The van der Waals surface area contributed by atoms with Crippen LogP contribution in [0.4, 0.5) is 5.69 Å². The molecule has 0 saturated carbocycles. The van der Waals surface area contributed by atoms with Crippen LogP contribution in [0.1, 0.15) is 5.56 Å². The minimum atomic E-state index is -3.68. The summed E-state index contributed by atoms with van der Waals surface area (Å²) in [5, 5.41) is 10.3. The number of pyridine rings is 1. The number of aryl methyl sites for hydroxylation is 1. The lowest BCUT2D eigenvalue weighted by Gasteiger charge is -2.17. The van der Waals surface area contributed by atoms with E-state index in [4.69, 9.17) is 0 Å². The molecule has 0 fully saturated rings. The van der Waals surface area contributed by atoms with Crippen molar-refractivity contribution in [3.63, 3.8) is 0 Å². The molecule has 0 bridgehead atoms. The number of fused-ring (bicyclic) bond motifs is 1. The average Bonchev–Trinajstić information content (AvgIpc) is 3.28. The van der Waals surface area contributed by atoms with Crippen LogP contribution in [0.3, 0.4) is 0 Å². The van der Waals surface area contributed by atoms with E-state index in [2.05, 4.69) is 20.9 Å². The van der Waals surface area contributed by atoms with E-state index in [0.717, 1.165) is 16.6 Å². The molecule has 128 valence electrons. The van der Waals surface area contributed by atoms with Crippen molar-refractivity contribution < 1.29 is 8.42 Å². The van der Waals surface area contributed by atoms with Crippen LogP contribution < -0.4 is 16.0 Å². The zero-order valence-corrected chi connectivity index (χ0v) is 14.3. The minimum absolute atomic E-state index is 0.118. The van der Waals surface area contributed by atoms with E-state index >= 15 is 0 Å². The Hall–Kier alpha value is -3.00. The van der Waals surface area contributed by atoms with Gasteiger partial charge in [0.05, 0.1) is 16.8 Å². The molecule has 3 aromatic rings. The number of benzene rings is 1. The Kier molecular flexibility index (Phi) is 3.61. The second-order valence-electron chi connectivity index (χ2n) is 5.71. The van der Waals surface area contributed by atoms with Gasteiger partial charge in [0.2, 0.25) is 0 Å². The molecular weight excluding hydrogens is 338 g/mol. The SMILES string of the molecule is Cc1c(NC2NC=CN2)cnc2c1ccn2S(=O)(=O)c1ccccc1. The smallest absolute Gasteiger partial charge is 0.269 e. The third kappa shape index (κ3) is 2.60. The molecule has 0 unspecified atom stereocenters. The highest BCUT2D eigenvalue weighted by Gasteiger charge is 2.21. The molecule has 8 heteroatoms. The largest absolute Gasteiger partial charge is 0.353 e. The molecule has 0 spiro atoms. The summed E-state index contributed by atoms with van der Waals surface area (Å²) in [6, 6.07) is 10.1. The Morgan fingerprint density at radius 2 is 1.84 bits per heavy atom. The molecular formula is C17H17N5O2S. The highest BCUT2D eigenvalue weighted by Crippen LogP contribution is 2.27. The van der Waals surface area contributed by atoms with Gasteiger partial charge in [0.25, 0.3) is 10.0 Å². The number of nitrogens with zero attached hydrogens (tertiary/aromatic N) is 2. The normalized spacial score (nSPS) is 14.4. The van der Waals surface area contributed by atoms with Crippen molar-refractivity contribution in [1.82, 2.24) is 19.6 Å². The second kappa shape index (κ2) is 5.82. The van der Waals surface area contributed by atoms with Crippen LogP contribution in [0.5, 0.6) is 0 Å². The Morgan fingerprint density at radius 1 is 1.12 bits per heavy atom. The lowest BCUT2D eigenvalue weighted by atomic mass is 10.2. The van der Waals surface area contributed by atoms with E-state index in [1.807, 2.05) is 19.3 Å². The van der Waals surface area contributed by atoms with Crippen LogP contribution in [0.25, 0.3) is 11.0 Å². The van der Waals surface area contributed by atoms with Gasteiger partial charge in [-0.15, -0.1) is 0 Å². The molecule has 1 aliphatic rings. The van der Waals surface area contributed by atoms with Crippen molar-refractivity contribution in [1.29, 1.82) is 0 Å². The first-order valence-corrected chi connectivity index (χ1v) is 9.22. The third-order valence-corrected chi connectivity index (χ3v) is 5.84. The Bertz CT molecular complexity index is 1050. The van der Waals surface area contributed by atoms with E-state index < -0.39 is 10.0 Å². The number of nitrogens with one attached hydrogen (secondary N) is 3. The molecule has 7 nitrogen and oxygen atoms in total. The summed E-state index contributed by atoms with van der Waals surface area (Å²) >= 11 is 0. The molecule has 0 aliphatic carbocycles. The summed E-state index contributed by atoms with van der Waals surface area (Å²) in [5.74, 6) is 0. The van der Waals surface area contributed by atoms with E-state index in [0.29, 0.717) is 5.65 Å². The van der Waals surface area contributed by atoms with Gasteiger partial charge in [0.1, 0.15) is 0 Å². The number of rotatable bonds is 4. The lowest BCUT2D eigenvalue weighted by Crippen LogP contribution is -2.38. The molecule has 3 heterocycles. The summed E-state index contributed by atoms with van der Waals surface area (Å²) in [4.78, 5) is 4.62. The van der Waals surface area contributed by atoms with E-state index in [1.54, 1.807) is 48.8 Å². The Labute approximate surface area is 145 Å². The fourth-order valence-electron chi connectivity index (χ4n) is 2.81. The van der Waals surface area contributed by atoms with Crippen molar-refractivity contribution in [3.8, 4) is 0 Å². The molecule has 25 heavy (non-hydrogen) atoms. The van der Waals surface area contributed by atoms with Gasteiger partial charge in [-0.3, -0.25) is 0 Å². The molecule has 0 atom stereocenters. The molecule has 1 aromatic carbocycles. The third-order valence-electron chi connectivity index (χ3n) is 4.16. The number of hydrogen-bond donors (Lipinski definition) is 3. The quantitative estimate of drug-likeness (QED) is 0.663. The molecule has 1 aliphatic heterocycles. The van der Waals surface area contributed by atoms with Crippen LogP contribution in [-0.2, 0) is 10.0 Å². The zero-order valence-electron chi connectivity index (χ0n) is 13.5. The predicted octanol–water partition coefficient (Wildman–Crippen LogP) is 1.94. The van der Waals surface area contributed by atoms with Crippen molar-refractivity contribution in [2.24, 2.45) is 0 Å². The molecule has 4 rings (SSSR count). The van der Waals surface area contributed by atoms with Gasteiger partial charge in [-0.25, -0.2) is 17.4 Å². The Morgan fingerprint density at radius 3 is 2.56 bits per heavy atom. The average molecular weight is 355 g/mol. The van der Waals surface area contributed by atoms with E-state index in [1.165, 1.54) is 3.97 Å². The van der Waals surface area contributed by atoms with Crippen LogP contribution in [-0.4, -0.2) is 23.7 Å². The molecule has 2 aromatic heterocycles. The summed E-state index contributed by atoms with van der Waals surface area (Å²) in [6.45, 7) is 1.94. The maximum atomic E-state index is 12.9. The van der Waals surface area contributed by atoms with Gasteiger partial charge in [-0.1, -0.05) is 18.2 Å². The first kappa shape index (κ1) is 15.5. The predicted molar refractivity (Wildman–Crippen MR) is 96.3 cm³/mol. The van der Waals surface area contributed by atoms with Crippen LogP contribution >= 0.6 is 0 Å². The summed E-state index contributed by atoms with van der Waals surface area (Å²) in [5.41, 5.74) is 2.18. The topological polar surface area (TPSA) is 88.0 Å². The summed E-state index contributed by atoms with van der Waals surface area (Å²) in [6.07, 6.45) is 6.69. The van der Waals surface area contributed by atoms with Gasteiger partial charge in [-0.05, 0) is 30.7 Å². The maximum absolute atomic E-state index is 12.9. The van der Waals surface area contributed by atoms with E-state index in [-0.39, 0.29) is 11.2 Å². The first-order valence-electron chi connectivity index (χ1n) is 7.78. The fraction of sp³-hybridized carbons (Fsp3) is 0.118. The summed E-state index contributed by atoms with van der Waals surface area (Å²) in [7, 11) is -3.68. The van der Waals surface area contributed by atoms with Gasteiger partial charge in [-0.2, -0.15) is 0 Å². The maximum Gasteiger partial charge on any atom is 0.269 e. The van der Waals surface area contributed by atoms with Crippen LogP contribution in [0, 0.1) is 6.92 Å². The van der Waals surface area contributed by atoms with Crippen molar-refractivity contribution in [3.05, 3.63) is 66.8 Å². The monoisotopic (exact) mass is 355 g/mol. The Balaban J connectivity index is 1.76. The molecule has 0 saturated heterocycles. The molecule has 0 radical (unpaired) electrons.